The van der Waals surface area contributed by atoms with Crippen LogP contribution in [0.1, 0.15) is 18.4 Å². The van der Waals surface area contributed by atoms with Crippen molar-refractivity contribution in [2.24, 2.45) is 0 Å². The maximum Gasteiger partial charge on any atom is 0.131 e. The summed E-state index contributed by atoms with van der Waals surface area (Å²) in [5, 5.41) is 0. The van der Waals surface area contributed by atoms with Crippen molar-refractivity contribution in [1.29, 1.82) is 0 Å². The summed E-state index contributed by atoms with van der Waals surface area (Å²) in [7, 11) is 0. The molecule has 0 saturated carbocycles. The van der Waals surface area contributed by atoms with Gasteiger partial charge in [-0.25, -0.2) is 4.98 Å². The summed E-state index contributed by atoms with van der Waals surface area (Å²) in [6.45, 7) is 5.50. The van der Waals surface area contributed by atoms with Crippen molar-refractivity contribution in [3.8, 4) is 0 Å². The first-order chi connectivity index (χ1) is 9.24. The highest BCUT2D eigenvalue weighted by Crippen LogP contribution is 2.26. The lowest BCUT2D eigenvalue weighted by Crippen LogP contribution is -2.48. The number of hydrogen-bond donors (Lipinski definition) is 0. The molecule has 1 aromatic rings. The van der Waals surface area contributed by atoms with Gasteiger partial charge in [0.25, 0.3) is 0 Å². The Balaban J connectivity index is 1.73. The summed E-state index contributed by atoms with van der Waals surface area (Å²) in [5.41, 5.74) is 1.20. The molecule has 1 aromatic heterocycles. The molecule has 2 atom stereocenters. The molecule has 3 rings (SSSR count). The van der Waals surface area contributed by atoms with Crippen LogP contribution in [0.25, 0.3) is 0 Å². The van der Waals surface area contributed by atoms with E-state index in [1.165, 1.54) is 5.56 Å². The zero-order chi connectivity index (χ0) is 13.2. The molecule has 0 aromatic carbocycles. The molecule has 2 unspecified atom stereocenters. The van der Waals surface area contributed by atoms with Crippen LogP contribution in [-0.2, 0) is 9.47 Å². The fourth-order valence-electron chi connectivity index (χ4n) is 2.85. The standard InChI is InChI=1S/C14H19BrN2O2/c1-10-7-11(15)8-16-14(10)17-4-6-19-13(9-17)12-3-2-5-18-12/h7-8,12-13H,2-6,9H2,1H3. The van der Waals surface area contributed by atoms with Gasteiger partial charge in [-0.05, 0) is 47.3 Å². The molecule has 4 nitrogen and oxygen atoms in total. The molecule has 3 heterocycles. The van der Waals surface area contributed by atoms with Gasteiger partial charge in [0.1, 0.15) is 11.9 Å². The second-order valence-corrected chi connectivity index (χ2v) is 6.12. The SMILES string of the molecule is Cc1cc(Br)cnc1N1CCOC(C2CCCO2)C1. The van der Waals surface area contributed by atoms with Crippen molar-refractivity contribution in [3.63, 3.8) is 0 Å². The number of anilines is 1. The smallest absolute Gasteiger partial charge is 0.131 e. The highest BCUT2D eigenvalue weighted by molar-refractivity contribution is 9.10. The number of aryl methyl sites for hydroxylation is 1. The third-order valence-corrected chi connectivity index (χ3v) is 4.22. The molecule has 2 fully saturated rings. The van der Waals surface area contributed by atoms with Crippen molar-refractivity contribution in [2.75, 3.05) is 31.2 Å². The fourth-order valence-corrected chi connectivity index (χ4v) is 3.30. The Morgan fingerprint density at radius 1 is 1.32 bits per heavy atom. The van der Waals surface area contributed by atoms with Gasteiger partial charge in [0.2, 0.25) is 0 Å². The van der Waals surface area contributed by atoms with Gasteiger partial charge in [-0.15, -0.1) is 0 Å². The molecule has 2 aliphatic rings. The molecule has 0 aliphatic carbocycles. The van der Waals surface area contributed by atoms with E-state index in [0.29, 0.717) is 0 Å². The van der Waals surface area contributed by atoms with E-state index in [-0.39, 0.29) is 12.2 Å². The fraction of sp³-hybridized carbons (Fsp3) is 0.643. The van der Waals surface area contributed by atoms with Gasteiger partial charge in [0.15, 0.2) is 0 Å². The van der Waals surface area contributed by atoms with Crippen LogP contribution < -0.4 is 4.90 Å². The minimum Gasteiger partial charge on any atom is -0.375 e. The first-order valence-corrected chi connectivity index (χ1v) is 7.63. The summed E-state index contributed by atoms with van der Waals surface area (Å²) < 4.78 is 12.6. The van der Waals surface area contributed by atoms with Crippen LogP contribution in [0.15, 0.2) is 16.7 Å². The molecule has 2 saturated heterocycles. The Bertz CT molecular complexity index is 449. The van der Waals surface area contributed by atoms with E-state index in [1.807, 2.05) is 6.20 Å². The van der Waals surface area contributed by atoms with Crippen molar-refractivity contribution < 1.29 is 9.47 Å². The number of hydrogen-bond acceptors (Lipinski definition) is 4. The quantitative estimate of drug-likeness (QED) is 0.836. The van der Waals surface area contributed by atoms with Crippen LogP contribution in [0.3, 0.4) is 0 Å². The molecule has 0 spiro atoms. The van der Waals surface area contributed by atoms with Gasteiger partial charge in [-0.1, -0.05) is 0 Å². The Morgan fingerprint density at radius 2 is 2.16 bits per heavy atom. The Hall–Kier alpha value is -0.650. The summed E-state index contributed by atoms with van der Waals surface area (Å²) in [6.07, 6.45) is 4.57. The number of rotatable bonds is 2. The number of pyridine rings is 1. The monoisotopic (exact) mass is 326 g/mol. The van der Waals surface area contributed by atoms with Crippen LogP contribution >= 0.6 is 15.9 Å². The molecule has 0 radical (unpaired) electrons. The maximum absolute atomic E-state index is 5.87. The number of halogens is 1. The average Bonchev–Trinajstić information content (AvgIpc) is 2.93. The molecule has 19 heavy (non-hydrogen) atoms. The maximum atomic E-state index is 5.87. The molecule has 0 amide bonds. The third-order valence-electron chi connectivity index (χ3n) is 3.79. The van der Waals surface area contributed by atoms with Gasteiger partial charge in [-0.2, -0.15) is 0 Å². The lowest BCUT2D eigenvalue weighted by molar-refractivity contribution is -0.0544. The predicted molar refractivity (Wildman–Crippen MR) is 77.6 cm³/mol. The minimum atomic E-state index is 0.182. The topological polar surface area (TPSA) is 34.6 Å². The molecular weight excluding hydrogens is 308 g/mol. The molecule has 2 aliphatic heterocycles. The third kappa shape index (κ3) is 2.93. The number of morpholine rings is 1. The zero-order valence-corrected chi connectivity index (χ0v) is 12.7. The first kappa shape index (κ1) is 13.3. The van der Waals surface area contributed by atoms with Crippen LogP contribution in [0.4, 0.5) is 5.82 Å². The summed E-state index contributed by atoms with van der Waals surface area (Å²) in [4.78, 5) is 6.86. The number of aromatic nitrogens is 1. The lowest BCUT2D eigenvalue weighted by Gasteiger charge is -2.36. The van der Waals surface area contributed by atoms with E-state index in [1.54, 1.807) is 0 Å². The van der Waals surface area contributed by atoms with E-state index < -0.39 is 0 Å². The zero-order valence-electron chi connectivity index (χ0n) is 11.1. The summed E-state index contributed by atoms with van der Waals surface area (Å²) in [5.74, 6) is 1.06. The summed E-state index contributed by atoms with van der Waals surface area (Å²) in [6, 6.07) is 2.11. The van der Waals surface area contributed by atoms with E-state index in [4.69, 9.17) is 9.47 Å². The minimum absolute atomic E-state index is 0.182. The van der Waals surface area contributed by atoms with E-state index in [2.05, 4.69) is 38.8 Å². The largest absolute Gasteiger partial charge is 0.375 e. The normalized spacial score (nSPS) is 27.8. The Kier molecular flexibility index (Phi) is 4.05. The van der Waals surface area contributed by atoms with Crippen LogP contribution in [0.2, 0.25) is 0 Å². The molecule has 0 N–H and O–H groups in total. The Morgan fingerprint density at radius 3 is 2.89 bits per heavy atom. The molecule has 5 heteroatoms. The van der Waals surface area contributed by atoms with E-state index in [9.17, 15) is 0 Å². The molecule has 104 valence electrons. The average molecular weight is 327 g/mol. The van der Waals surface area contributed by atoms with Crippen LogP contribution in [-0.4, -0.2) is 43.5 Å². The van der Waals surface area contributed by atoms with Crippen molar-refractivity contribution in [3.05, 3.63) is 22.3 Å². The number of nitrogens with zero attached hydrogens (tertiary/aromatic N) is 2. The van der Waals surface area contributed by atoms with Gasteiger partial charge in [0.05, 0.1) is 12.7 Å². The number of ether oxygens (including phenoxy) is 2. The molecular formula is C14H19BrN2O2. The second kappa shape index (κ2) is 5.77. The van der Waals surface area contributed by atoms with Crippen molar-refractivity contribution in [2.45, 2.75) is 32.0 Å². The lowest BCUT2D eigenvalue weighted by atomic mass is 10.1. The van der Waals surface area contributed by atoms with Gasteiger partial charge < -0.3 is 14.4 Å². The highest BCUT2D eigenvalue weighted by Gasteiger charge is 2.31. The second-order valence-electron chi connectivity index (χ2n) is 5.20. The van der Waals surface area contributed by atoms with Crippen molar-refractivity contribution >= 4 is 21.7 Å². The first-order valence-electron chi connectivity index (χ1n) is 6.84. The predicted octanol–water partition coefficient (Wildman–Crippen LogP) is 2.54. The van der Waals surface area contributed by atoms with Crippen LogP contribution in [0.5, 0.6) is 0 Å². The van der Waals surface area contributed by atoms with E-state index >= 15 is 0 Å². The van der Waals surface area contributed by atoms with Crippen molar-refractivity contribution in [1.82, 2.24) is 4.98 Å². The Labute approximate surface area is 122 Å². The summed E-state index contributed by atoms with van der Waals surface area (Å²) >= 11 is 3.46. The van der Waals surface area contributed by atoms with Crippen LogP contribution in [0, 0.1) is 6.92 Å². The highest BCUT2D eigenvalue weighted by atomic mass is 79.9. The van der Waals surface area contributed by atoms with E-state index in [0.717, 1.165) is 49.4 Å². The van der Waals surface area contributed by atoms with Gasteiger partial charge >= 0.3 is 0 Å². The van der Waals surface area contributed by atoms with Gasteiger partial charge in [-0.3, -0.25) is 0 Å². The molecule has 0 bridgehead atoms. The van der Waals surface area contributed by atoms with Gasteiger partial charge in [0, 0.05) is 30.4 Å².